The van der Waals surface area contributed by atoms with Crippen LogP contribution in [0.3, 0.4) is 0 Å². The summed E-state index contributed by atoms with van der Waals surface area (Å²) in [6, 6.07) is 2.60. The third-order valence-electron chi connectivity index (χ3n) is 5.52. The van der Waals surface area contributed by atoms with Gasteiger partial charge in [-0.25, -0.2) is 9.97 Å². The minimum Gasteiger partial charge on any atom is -0.356 e. The zero-order chi connectivity index (χ0) is 22.0. The number of carbonyl (C=O) groups excluding carboxylic acids is 2. The number of aromatic amines is 1. The van der Waals surface area contributed by atoms with Crippen LogP contribution in [0, 0.1) is 0 Å². The first-order valence-corrected chi connectivity index (χ1v) is 10.2. The van der Waals surface area contributed by atoms with Crippen molar-refractivity contribution in [1.82, 2.24) is 25.2 Å². The summed E-state index contributed by atoms with van der Waals surface area (Å²) in [4.78, 5) is 40.1. The molecule has 8 nitrogen and oxygen atoms in total. The standard InChI is InChI=1S/C20H23F3N6O2/c21-20(22,23)12-26-18(30)15-4-3-9-29(15)16-5-6-24-17(27-16)13-10-14(25-11-13)19(31)28-7-1-2-8-28/h5-6,10-11,15,25H,1-4,7-9,12H2,(H,26,30)/t15-/m1/s1. The number of anilines is 1. The normalized spacial score (nSPS) is 19.1. The summed E-state index contributed by atoms with van der Waals surface area (Å²) in [6.45, 7) is 0.632. The lowest BCUT2D eigenvalue weighted by Crippen LogP contribution is -2.46. The highest BCUT2D eigenvalue weighted by atomic mass is 19.4. The maximum atomic E-state index is 12.5. The Hall–Kier alpha value is -3.11. The molecule has 0 radical (unpaired) electrons. The lowest BCUT2D eigenvalue weighted by Gasteiger charge is -2.25. The third-order valence-corrected chi connectivity index (χ3v) is 5.52. The summed E-state index contributed by atoms with van der Waals surface area (Å²) in [5.74, 6) is 0.0924. The second kappa shape index (κ2) is 8.56. The smallest absolute Gasteiger partial charge is 0.356 e. The Balaban J connectivity index is 1.49. The van der Waals surface area contributed by atoms with Crippen LogP contribution < -0.4 is 10.2 Å². The molecule has 2 fully saturated rings. The van der Waals surface area contributed by atoms with E-state index in [9.17, 15) is 22.8 Å². The number of hydrogen-bond acceptors (Lipinski definition) is 5. The number of nitrogens with zero attached hydrogens (tertiary/aromatic N) is 4. The summed E-state index contributed by atoms with van der Waals surface area (Å²) in [7, 11) is 0. The minimum atomic E-state index is -4.46. The number of aromatic nitrogens is 3. The lowest BCUT2D eigenvalue weighted by molar-refractivity contribution is -0.139. The van der Waals surface area contributed by atoms with Gasteiger partial charge < -0.3 is 20.1 Å². The molecule has 0 unspecified atom stereocenters. The highest BCUT2D eigenvalue weighted by Crippen LogP contribution is 2.27. The second-order valence-electron chi connectivity index (χ2n) is 7.72. The Labute approximate surface area is 176 Å². The summed E-state index contributed by atoms with van der Waals surface area (Å²) in [5.41, 5.74) is 1.08. The fraction of sp³-hybridized carbons (Fsp3) is 0.500. The van der Waals surface area contributed by atoms with E-state index in [1.807, 2.05) is 5.32 Å². The van der Waals surface area contributed by atoms with E-state index < -0.39 is 24.7 Å². The van der Waals surface area contributed by atoms with E-state index in [0.717, 1.165) is 25.9 Å². The Morgan fingerprint density at radius 1 is 1.19 bits per heavy atom. The van der Waals surface area contributed by atoms with Gasteiger partial charge >= 0.3 is 6.18 Å². The molecule has 0 spiro atoms. The van der Waals surface area contributed by atoms with Crippen LogP contribution in [0.25, 0.3) is 11.4 Å². The zero-order valence-corrected chi connectivity index (χ0v) is 16.8. The van der Waals surface area contributed by atoms with Gasteiger partial charge in [0.2, 0.25) is 5.91 Å². The number of amides is 2. The Morgan fingerprint density at radius 2 is 1.97 bits per heavy atom. The average molecular weight is 436 g/mol. The molecule has 2 aliphatic heterocycles. The van der Waals surface area contributed by atoms with Crippen molar-refractivity contribution in [3.63, 3.8) is 0 Å². The van der Waals surface area contributed by atoms with Crippen molar-refractivity contribution < 1.29 is 22.8 Å². The van der Waals surface area contributed by atoms with Gasteiger partial charge in [0, 0.05) is 37.6 Å². The minimum absolute atomic E-state index is 0.0687. The molecule has 0 saturated carbocycles. The van der Waals surface area contributed by atoms with Gasteiger partial charge in [0.1, 0.15) is 24.1 Å². The number of nitrogens with one attached hydrogen (secondary N) is 2. The van der Waals surface area contributed by atoms with Gasteiger partial charge in [0.15, 0.2) is 5.82 Å². The lowest BCUT2D eigenvalue weighted by atomic mass is 10.2. The van der Waals surface area contributed by atoms with Crippen molar-refractivity contribution in [3.05, 3.63) is 30.2 Å². The van der Waals surface area contributed by atoms with Crippen LogP contribution >= 0.6 is 0 Å². The number of likely N-dealkylation sites (tertiary alicyclic amines) is 1. The Bertz CT molecular complexity index is 954. The maximum absolute atomic E-state index is 12.5. The third kappa shape index (κ3) is 4.80. The van der Waals surface area contributed by atoms with Crippen LogP contribution in [-0.4, -0.2) is 70.1 Å². The number of hydrogen-bond donors (Lipinski definition) is 2. The molecule has 31 heavy (non-hydrogen) atoms. The summed E-state index contributed by atoms with van der Waals surface area (Å²) < 4.78 is 37.3. The molecule has 2 aromatic rings. The predicted octanol–water partition coefficient (Wildman–Crippen LogP) is 2.36. The molecular weight excluding hydrogens is 413 g/mol. The molecule has 2 amide bonds. The molecule has 4 rings (SSSR count). The molecule has 1 atom stereocenters. The molecular formula is C20H23F3N6O2. The van der Waals surface area contributed by atoms with Crippen LogP contribution in [0.2, 0.25) is 0 Å². The van der Waals surface area contributed by atoms with Crippen LogP contribution in [-0.2, 0) is 4.79 Å². The SMILES string of the molecule is O=C(NCC(F)(F)F)[C@H]1CCCN1c1ccnc(-c2c[nH]c(C(=O)N3CCCC3)c2)n1. The van der Waals surface area contributed by atoms with E-state index in [2.05, 4.69) is 15.0 Å². The van der Waals surface area contributed by atoms with E-state index in [1.165, 1.54) is 6.20 Å². The summed E-state index contributed by atoms with van der Waals surface area (Å²) >= 11 is 0. The number of H-pyrrole nitrogens is 1. The quantitative estimate of drug-likeness (QED) is 0.751. The van der Waals surface area contributed by atoms with Gasteiger partial charge in [-0.15, -0.1) is 0 Å². The number of halogens is 3. The van der Waals surface area contributed by atoms with Crippen molar-refractivity contribution in [1.29, 1.82) is 0 Å². The highest BCUT2D eigenvalue weighted by molar-refractivity contribution is 5.94. The summed E-state index contributed by atoms with van der Waals surface area (Å²) in [5, 5.41) is 1.96. The van der Waals surface area contributed by atoms with Gasteiger partial charge in [-0.3, -0.25) is 9.59 Å². The fourth-order valence-corrected chi connectivity index (χ4v) is 4.00. The van der Waals surface area contributed by atoms with Crippen molar-refractivity contribution in [2.24, 2.45) is 0 Å². The zero-order valence-electron chi connectivity index (χ0n) is 16.8. The Morgan fingerprint density at radius 3 is 2.71 bits per heavy atom. The second-order valence-corrected chi connectivity index (χ2v) is 7.72. The molecule has 0 aromatic carbocycles. The van der Waals surface area contributed by atoms with Crippen LogP contribution in [0.5, 0.6) is 0 Å². The molecule has 0 aliphatic carbocycles. The topological polar surface area (TPSA) is 94.2 Å². The van der Waals surface area contributed by atoms with E-state index in [-0.39, 0.29) is 5.91 Å². The fourth-order valence-electron chi connectivity index (χ4n) is 4.00. The van der Waals surface area contributed by atoms with Crippen LogP contribution in [0.4, 0.5) is 19.0 Å². The van der Waals surface area contributed by atoms with E-state index >= 15 is 0 Å². The number of alkyl halides is 3. The first kappa shape index (κ1) is 21.1. The molecule has 0 bridgehead atoms. The predicted molar refractivity (Wildman–Crippen MR) is 106 cm³/mol. The first-order chi connectivity index (χ1) is 14.8. The van der Waals surface area contributed by atoms with Gasteiger partial charge in [-0.1, -0.05) is 0 Å². The molecule has 4 heterocycles. The first-order valence-electron chi connectivity index (χ1n) is 10.2. The van der Waals surface area contributed by atoms with Crippen molar-refractivity contribution in [2.75, 3.05) is 31.1 Å². The Kier molecular flexibility index (Phi) is 5.84. The van der Waals surface area contributed by atoms with Gasteiger partial charge in [0.25, 0.3) is 5.91 Å². The van der Waals surface area contributed by atoms with E-state index in [0.29, 0.717) is 42.3 Å². The van der Waals surface area contributed by atoms with E-state index in [4.69, 9.17) is 0 Å². The highest BCUT2D eigenvalue weighted by Gasteiger charge is 2.35. The maximum Gasteiger partial charge on any atom is 0.405 e. The van der Waals surface area contributed by atoms with Gasteiger partial charge in [0.05, 0.1) is 0 Å². The van der Waals surface area contributed by atoms with E-state index in [1.54, 1.807) is 28.1 Å². The molecule has 2 aromatic heterocycles. The number of carbonyl (C=O) groups is 2. The largest absolute Gasteiger partial charge is 0.405 e. The van der Waals surface area contributed by atoms with Crippen molar-refractivity contribution >= 4 is 17.6 Å². The van der Waals surface area contributed by atoms with Crippen molar-refractivity contribution in [3.8, 4) is 11.4 Å². The van der Waals surface area contributed by atoms with Crippen molar-refractivity contribution in [2.45, 2.75) is 37.9 Å². The van der Waals surface area contributed by atoms with Gasteiger partial charge in [-0.2, -0.15) is 13.2 Å². The average Bonchev–Trinajstić information content (AvgIpc) is 3.52. The number of rotatable bonds is 5. The van der Waals surface area contributed by atoms with Crippen LogP contribution in [0.1, 0.15) is 36.2 Å². The molecule has 2 saturated heterocycles. The molecule has 11 heteroatoms. The van der Waals surface area contributed by atoms with Crippen LogP contribution in [0.15, 0.2) is 24.5 Å². The molecule has 2 aliphatic rings. The monoisotopic (exact) mass is 436 g/mol. The molecule has 2 N–H and O–H groups in total. The molecule has 166 valence electrons. The van der Waals surface area contributed by atoms with Gasteiger partial charge in [-0.05, 0) is 37.8 Å². The summed E-state index contributed by atoms with van der Waals surface area (Å²) in [6.07, 6.45) is 1.84.